The predicted octanol–water partition coefficient (Wildman–Crippen LogP) is -1.27. The number of H-pyrrole nitrogens is 1. The van der Waals surface area contributed by atoms with E-state index in [1.165, 1.54) is 6.33 Å². The average Bonchev–Trinajstić information content (AvgIpc) is 2.81. The normalized spacial score (nSPS) is 27.0. The molecule has 0 saturated carbocycles. The van der Waals surface area contributed by atoms with Crippen LogP contribution in [0.1, 0.15) is 19.1 Å². The van der Waals surface area contributed by atoms with Crippen LogP contribution < -0.4 is 11.3 Å². The first-order chi connectivity index (χ1) is 9.58. The maximum atomic E-state index is 11.7. The summed E-state index contributed by atoms with van der Waals surface area (Å²) in [5.74, 6) is -0.0145. The van der Waals surface area contributed by atoms with Gasteiger partial charge in [-0.2, -0.15) is 4.98 Å². The summed E-state index contributed by atoms with van der Waals surface area (Å²) in [6.07, 6.45) is 0.521. The van der Waals surface area contributed by atoms with E-state index in [-0.39, 0.29) is 18.1 Å². The van der Waals surface area contributed by atoms with E-state index >= 15 is 0 Å². The second kappa shape index (κ2) is 4.85. The molecular weight excluding hydrogens is 266 g/mol. The highest BCUT2D eigenvalue weighted by Gasteiger charge is 2.30. The lowest BCUT2D eigenvalue weighted by Crippen LogP contribution is -2.35. The molecule has 3 heterocycles. The van der Waals surface area contributed by atoms with Crippen molar-refractivity contribution in [3.05, 3.63) is 16.7 Å². The van der Waals surface area contributed by atoms with E-state index in [0.717, 1.165) is 0 Å². The van der Waals surface area contributed by atoms with E-state index < -0.39 is 24.0 Å². The van der Waals surface area contributed by atoms with Gasteiger partial charge in [-0.05, 0) is 0 Å². The van der Waals surface area contributed by atoms with Crippen LogP contribution in [0.2, 0.25) is 0 Å². The number of nitrogens with two attached hydrogens (primary N) is 1. The van der Waals surface area contributed by atoms with Crippen molar-refractivity contribution in [1.82, 2.24) is 19.5 Å². The molecule has 9 nitrogen and oxygen atoms in total. The third kappa shape index (κ3) is 2.15. The van der Waals surface area contributed by atoms with E-state index in [1.807, 2.05) is 0 Å². The largest absolute Gasteiger partial charge is 0.394 e. The summed E-state index contributed by atoms with van der Waals surface area (Å²) < 4.78 is 7.21. The number of anilines is 1. The Morgan fingerprint density at radius 1 is 1.55 bits per heavy atom. The molecule has 108 valence electrons. The van der Waals surface area contributed by atoms with Crippen LogP contribution in [0.15, 0.2) is 11.1 Å². The lowest BCUT2D eigenvalue weighted by Gasteiger charge is -2.32. The van der Waals surface area contributed by atoms with Gasteiger partial charge in [0.15, 0.2) is 11.2 Å². The van der Waals surface area contributed by atoms with Gasteiger partial charge in [0, 0.05) is 12.8 Å². The van der Waals surface area contributed by atoms with Crippen molar-refractivity contribution in [2.24, 2.45) is 0 Å². The topological polar surface area (TPSA) is 139 Å². The highest BCUT2D eigenvalue weighted by molar-refractivity contribution is 5.70. The average molecular weight is 281 g/mol. The fourth-order valence-electron chi connectivity index (χ4n) is 2.42. The maximum Gasteiger partial charge on any atom is 0.280 e. The van der Waals surface area contributed by atoms with Gasteiger partial charge < -0.3 is 20.7 Å². The number of nitrogens with zero attached hydrogens (tertiary/aromatic N) is 3. The van der Waals surface area contributed by atoms with E-state index in [0.29, 0.717) is 18.5 Å². The lowest BCUT2D eigenvalue weighted by molar-refractivity contribution is -0.140. The van der Waals surface area contributed by atoms with Crippen molar-refractivity contribution in [2.75, 3.05) is 12.3 Å². The zero-order valence-corrected chi connectivity index (χ0v) is 10.6. The Balaban J connectivity index is 2.03. The molecule has 0 radical (unpaired) electrons. The molecule has 9 heteroatoms. The van der Waals surface area contributed by atoms with Gasteiger partial charge in [0.1, 0.15) is 6.23 Å². The van der Waals surface area contributed by atoms with Crippen molar-refractivity contribution < 1.29 is 14.9 Å². The third-order valence-electron chi connectivity index (χ3n) is 3.32. The van der Waals surface area contributed by atoms with Crippen molar-refractivity contribution in [1.29, 1.82) is 0 Å². The Kier molecular flexibility index (Phi) is 3.16. The second-order valence-electron chi connectivity index (χ2n) is 4.80. The van der Waals surface area contributed by atoms with E-state index in [1.54, 1.807) is 4.57 Å². The Hall–Kier alpha value is -1.97. The van der Waals surface area contributed by atoms with Gasteiger partial charge in [-0.1, -0.05) is 0 Å². The molecule has 5 N–H and O–H groups in total. The molecule has 20 heavy (non-hydrogen) atoms. The Morgan fingerprint density at radius 3 is 3.10 bits per heavy atom. The van der Waals surface area contributed by atoms with Crippen LogP contribution in [0.5, 0.6) is 0 Å². The summed E-state index contributed by atoms with van der Waals surface area (Å²) in [5.41, 5.74) is 5.55. The van der Waals surface area contributed by atoms with Crippen molar-refractivity contribution in [2.45, 2.75) is 31.3 Å². The molecule has 0 aliphatic carbocycles. The number of aliphatic hydroxyl groups excluding tert-OH is 2. The van der Waals surface area contributed by atoms with Gasteiger partial charge >= 0.3 is 0 Å². The summed E-state index contributed by atoms with van der Waals surface area (Å²) in [6, 6.07) is 0. The highest BCUT2D eigenvalue weighted by Crippen LogP contribution is 2.28. The molecule has 2 aromatic rings. The van der Waals surface area contributed by atoms with Crippen LogP contribution in [0, 0.1) is 0 Å². The van der Waals surface area contributed by atoms with Gasteiger partial charge in [-0.15, -0.1) is 0 Å². The first-order valence-electron chi connectivity index (χ1n) is 6.25. The third-order valence-corrected chi connectivity index (χ3v) is 3.32. The number of fused-ring (bicyclic) bond motifs is 1. The monoisotopic (exact) mass is 281 g/mol. The number of imidazole rings is 1. The number of ether oxygens (including phenoxy) is 1. The molecule has 0 unspecified atom stereocenters. The molecular formula is C11H15N5O4. The minimum atomic E-state index is -0.595. The van der Waals surface area contributed by atoms with E-state index in [2.05, 4.69) is 15.0 Å². The van der Waals surface area contributed by atoms with Gasteiger partial charge in [-0.3, -0.25) is 14.3 Å². The fourth-order valence-corrected chi connectivity index (χ4v) is 2.42. The summed E-state index contributed by atoms with van der Waals surface area (Å²) in [6.45, 7) is -0.184. The minimum absolute atomic E-state index is 0.0145. The van der Waals surface area contributed by atoms with Crippen molar-refractivity contribution >= 4 is 17.1 Å². The van der Waals surface area contributed by atoms with Crippen LogP contribution in [0.4, 0.5) is 5.95 Å². The minimum Gasteiger partial charge on any atom is -0.394 e. The zero-order valence-electron chi connectivity index (χ0n) is 10.6. The molecule has 1 fully saturated rings. The summed E-state index contributed by atoms with van der Waals surface area (Å²) >= 11 is 0. The molecule has 1 aliphatic rings. The molecule has 0 amide bonds. The molecule has 0 aromatic carbocycles. The van der Waals surface area contributed by atoms with Gasteiger partial charge in [-0.25, -0.2) is 4.98 Å². The van der Waals surface area contributed by atoms with Gasteiger partial charge in [0.2, 0.25) is 5.95 Å². The Labute approximate surface area is 113 Å². The van der Waals surface area contributed by atoms with Crippen molar-refractivity contribution in [3.8, 4) is 0 Å². The highest BCUT2D eigenvalue weighted by atomic mass is 16.5. The standard InChI is InChI=1S/C11H15N5O4/c12-11-14-9-8(10(19)15-11)13-4-16(9)7-2-5(18)1-6(3-17)20-7/h4-7,17-18H,1-3H2,(H3,12,14,15,19)/t5-,6+,7+/m1/s1. The molecule has 2 aromatic heterocycles. The smallest absolute Gasteiger partial charge is 0.280 e. The van der Waals surface area contributed by atoms with Crippen LogP contribution in [-0.4, -0.2) is 48.5 Å². The first kappa shape index (κ1) is 13.0. The summed E-state index contributed by atoms with van der Waals surface area (Å²) in [4.78, 5) is 22.1. The number of rotatable bonds is 2. The van der Waals surface area contributed by atoms with E-state index in [4.69, 9.17) is 10.5 Å². The van der Waals surface area contributed by atoms with Crippen LogP contribution >= 0.6 is 0 Å². The van der Waals surface area contributed by atoms with Crippen LogP contribution in [-0.2, 0) is 4.74 Å². The fraction of sp³-hybridized carbons (Fsp3) is 0.545. The number of hydrogen-bond donors (Lipinski definition) is 4. The summed E-state index contributed by atoms with van der Waals surface area (Å²) in [5, 5.41) is 19.0. The first-order valence-corrected chi connectivity index (χ1v) is 6.25. The SMILES string of the molecule is Nc1nc2c(ncn2[C@@H]2C[C@H](O)C[C@@H](CO)O2)c(=O)[nH]1. The molecule has 1 aliphatic heterocycles. The number of nitrogen functional groups attached to an aromatic ring is 1. The number of hydrogen-bond acceptors (Lipinski definition) is 7. The Morgan fingerprint density at radius 2 is 2.35 bits per heavy atom. The Bertz CT molecular complexity index is 681. The molecule has 0 bridgehead atoms. The van der Waals surface area contributed by atoms with Crippen LogP contribution in [0.3, 0.4) is 0 Å². The number of aliphatic hydroxyl groups is 2. The second-order valence-corrected chi connectivity index (χ2v) is 4.80. The molecule has 1 saturated heterocycles. The van der Waals surface area contributed by atoms with E-state index in [9.17, 15) is 15.0 Å². The zero-order chi connectivity index (χ0) is 14.3. The predicted molar refractivity (Wildman–Crippen MR) is 68.8 cm³/mol. The molecule has 0 spiro atoms. The lowest BCUT2D eigenvalue weighted by atomic mass is 10.0. The number of aromatic amines is 1. The van der Waals surface area contributed by atoms with Crippen molar-refractivity contribution in [3.63, 3.8) is 0 Å². The van der Waals surface area contributed by atoms with Gasteiger partial charge in [0.05, 0.1) is 25.1 Å². The van der Waals surface area contributed by atoms with Gasteiger partial charge in [0.25, 0.3) is 5.56 Å². The number of aromatic nitrogens is 4. The molecule has 3 rings (SSSR count). The summed E-state index contributed by atoms with van der Waals surface area (Å²) in [7, 11) is 0. The molecule has 3 atom stereocenters. The number of nitrogens with one attached hydrogen (secondary N) is 1. The quantitative estimate of drug-likeness (QED) is 0.538. The van der Waals surface area contributed by atoms with Crippen LogP contribution in [0.25, 0.3) is 11.2 Å². The maximum absolute atomic E-state index is 11.7.